The van der Waals surface area contributed by atoms with Crippen molar-refractivity contribution >= 4 is 44.0 Å². The number of rotatable bonds is 9. The van der Waals surface area contributed by atoms with Gasteiger partial charge in [0.1, 0.15) is 5.82 Å². The maximum absolute atomic E-state index is 13.0. The summed E-state index contributed by atoms with van der Waals surface area (Å²) in [7, 11) is -3.63. The fourth-order valence-electron chi connectivity index (χ4n) is 3.67. The third-order valence-electron chi connectivity index (χ3n) is 5.50. The van der Waals surface area contributed by atoms with Gasteiger partial charge in [0, 0.05) is 24.4 Å². The van der Waals surface area contributed by atoms with Gasteiger partial charge in [-0.05, 0) is 48.6 Å². The molecule has 4 rings (SSSR count). The predicted octanol–water partition coefficient (Wildman–Crippen LogP) is 4.68. The summed E-state index contributed by atoms with van der Waals surface area (Å²) in [4.78, 5) is 12.9. The minimum absolute atomic E-state index is 0.0263. The van der Waals surface area contributed by atoms with Crippen LogP contribution in [0.15, 0.2) is 57.8 Å². The molecule has 2 heterocycles. The topological polar surface area (TPSA) is 92.3 Å². The molecule has 0 radical (unpaired) electrons. The Morgan fingerprint density at radius 3 is 2.79 bits per heavy atom. The Kier molecular flexibility index (Phi) is 7.97. The highest BCUT2D eigenvalue weighted by molar-refractivity contribution is 8.00. The summed E-state index contributed by atoms with van der Waals surface area (Å²) in [5, 5.41) is 11.6. The number of piperidine rings is 1. The molecule has 34 heavy (non-hydrogen) atoms. The van der Waals surface area contributed by atoms with Crippen LogP contribution >= 0.6 is 23.1 Å². The summed E-state index contributed by atoms with van der Waals surface area (Å²) >= 11 is 2.79. The van der Waals surface area contributed by atoms with Gasteiger partial charge in [-0.2, -0.15) is 4.31 Å². The SMILES string of the molecule is CC1CCCN(S(=O)(=O)c2cccc(C(=O)CNc3nnc(SCc4ccc(F)cc4)s3)c2)C1. The standard InChI is InChI=1S/C23H25FN4O3S3/c1-16-4-3-11-28(14-16)34(30,31)20-6-2-5-18(12-20)21(29)13-25-22-26-27-23(33-22)32-15-17-7-9-19(24)10-8-17/h2,5-10,12,16H,3-4,11,13-15H2,1H3,(H,25,26). The molecule has 1 unspecified atom stereocenters. The lowest BCUT2D eigenvalue weighted by atomic mass is 10.0. The summed E-state index contributed by atoms with van der Waals surface area (Å²) in [6, 6.07) is 12.5. The van der Waals surface area contributed by atoms with Crippen LogP contribution in [0.4, 0.5) is 9.52 Å². The maximum Gasteiger partial charge on any atom is 0.243 e. The van der Waals surface area contributed by atoms with Gasteiger partial charge in [0.2, 0.25) is 15.2 Å². The van der Waals surface area contributed by atoms with E-state index >= 15 is 0 Å². The highest BCUT2D eigenvalue weighted by Crippen LogP contribution is 2.28. The zero-order valence-corrected chi connectivity index (χ0v) is 21.1. The number of carbonyl (C=O) groups is 1. The monoisotopic (exact) mass is 520 g/mol. The second kappa shape index (κ2) is 10.9. The van der Waals surface area contributed by atoms with Crippen LogP contribution in [0.25, 0.3) is 0 Å². The third-order valence-corrected chi connectivity index (χ3v) is 9.44. The Morgan fingerprint density at radius 1 is 1.24 bits per heavy atom. The molecule has 180 valence electrons. The molecular weight excluding hydrogens is 495 g/mol. The number of Topliss-reactive ketones (excluding diaryl/α,β-unsaturated/α-hetero) is 1. The van der Waals surface area contributed by atoms with Crippen molar-refractivity contribution in [1.29, 1.82) is 0 Å². The van der Waals surface area contributed by atoms with Crippen molar-refractivity contribution in [1.82, 2.24) is 14.5 Å². The lowest BCUT2D eigenvalue weighted by Gasteiger charge is -2.30. The van der Waals surface area contributed by atoms with Gasteiger partial charge in [0.25, 0.3) is 0 Å². The lowest BCUT2D eigenvalue weighted by Crippen LogP contribution is -2.39. The quantitative estimate of drug-likeness (QED) is 0.323. The summed E-state index contributed by atoms with van der Waals surface area (Å²) in [6.45, 7) is 3.03. The first-order valence-electron chi connectivity index (χ1n) is 10.9. The maximum atomic E-state index is 13.0. The first kappa shape index (κ1) is 24.8. The van der Waals surface area contributed by atoms with Gasteiger partial charge in [-0.1, -0.05) is 54.3 Å². The van der Waals surface area contributed by atoms with Crippen LogP contribution in [0, 0.1) is 11.7 Å². The highest BCUT2D eigenvalue weighted by atomic mass is 32.2. The molecule has 7 nitrogen and oxygen atoms in total. The molecular formula is C23H25FN4O3S3. The number of nitrogens with one attached hydrogen (secondary N) is 1. The molecule has 1 aliphatic heterocycles. The van der Waals surface area contributed by atoms with E-state index in [4.69, 9.17) is 0 Å². The minimum atomic E-state index is -3.63. The second-order valence-corrected chi connectivity index (χ2v) is 12.3. The molecule has 1 aromatic heterocycles. The molecule has 0 saturated carbocycles. The summed E-state index contributed by atoms with van der Waals surface area (Å²) < 4.78 is 41.3. The average molecular weight is 521 g/mol. The molecule has 0 amide bonds. The third kappa shape index (κ3) is 6.21. The molecule has 11 heteroatoms. The zero-order chi connectivity index (χ0) is 24.1. The fraction of sp³-hybridized carbons (Fsp3) is 0.348. The van der Waals surface area contributed by atoms with Gasteiger partial charge in [-0.25, -0.2) is 12.8 Å². The number of nitrogens with zero attached hydrogens (tertiary/aromatic N) is 3. The Labute approximate surface area is 206 Å². The number of sulfonamides is 1. The number of anilines is 1. The molecule has 3 aromatic rings. The minimum Gasteiger partial charge on any atom is -0.353 e. The molecule has 0 bridgehead atoms. The van der Waals surface area contributed by atoms with E-state index in [2.05, 4.69) is 15.5 Å². The number of thioether (sulfide) groups is 1. The molecule has 0 aliphatic carbocycles. The second-order valence-electron chi connectivity index (χ2n) is 8.20. The Hall–Kier alpha value is -2.34. The van der Waals surface area contributed by atoms with Crippen molar-refractivity contribution in [3.63, 3.8) is 0 Å². The van der Waals surface area contributed by atoms with Crippen LogP contribution in [0.5, 0.6) is 0 Å². The van der Waals surface area contributed by atoms with E-state index in [-0.39, 0.29) is 23.0 Å². The number of hydrogen-bond acceptors (Lipinski definition) is 8. The molecule has 1 fully saturated rings. The summed E-state index contributed by atoms with van der Waals surface area (Å²) in [5.41, 5.74) is 1.30. The van der Waals surface area contributed by atoms with Crippen molar-refractivity contribution in [2.45, 2.75) is 34.8 Å². The van der Waals surface area contributed by atoms with Gasteiger partial charge >= 0.3 is 0 Å². The molecule has 1 N–H and O–H groups in total. The lowest BCUT2D eigenvalue weighted by molar-refractivity contribution is 0.101. The number of ketones is 1. The van der Waals surface area contributed by atoms with E-state index in [0.29, 0.717) is 35.5 Å². The van der Waals surface area contributed by atoms with Crippen molar-refractivity contribution in [2.75, 3.05) is 25.0 Å². The van der Waals surface area contributed by atoms with Gasteiger partial charge in [0.15, 0.2) is 10.1 Å². The van der Waals surface area contributed by atoms with E-state index in [1.807, 2.05) is 6.92 Å². The Balaban J connectivity index is 1.34. The van der Waals surface area contributed by atoms with Gasteiger partial charge in [0.05, 0.1) is 11.4 Å². The van der Waals surface area contributed by atoms with Crippen LogP contribution in [0.1, 0.15) is 35.7 Å². The van der Waals surface area contributed by atoms with E-state index in [1.165, 1.54) is 51.7 Å². The molecule has 1 aliphatic rings. The Bertz CT molecular complexity index is 1250. The van der Waals surface area contributed by atoms with Crippen molar-refractivity contribution < 1.29 is 17.6 Å². The van der Waals surface area contributed by atoms with Crippen LogP contribution in [0.3, 0.4) is 0 Å². The smallest absolute Gasteiger partial charge is 0.243 e. The summed E-state index contributed by atoms with van der Waals surface area (Å²) in [6.07, 6.45) is 1.86. The fourth-order valence-corrected chi connectivity index (χ4v) is 7.02. The van der Waals surface area contributed by atoms with Crippen LogP contribution < -0.4 is 5.32 Å². The van der Waals surface area contributed by atoms with Crippen molar-refractivity contribution in [3.8, 4) is 0 Å². The first-order valence-corrected chi connectivity index (χ1v) is 14.1. The number of halogens is 1. The average Bonchev–Trinajstić information content (AvgIpc) is 3.30. The van der Waals surface area contributed by atoms with Gasteiger partial charge in [-0.3, -0.25) is 4.79 Å². The molecule has 2 aromatic carbocycles. The van der Waals surface area contributed by atoms with Crippen molar-refractivity contribution in [3.05, 3.63) is 65.5 Å². The largest absolute Gasteiger partial charge is 0.353 e. The van der Waals surface area contributed by atoms with E-state index in [1.54, 1.807) is 24.3 Å². The van der Waals surface area contributed by atoms with Crippen LogP contribution in [-0.2, 0) is 15.8 Å². The Morgan fingerprint density at radius 2 is 2.03 bits per heavy atom. The van der Waals surface area contributed by atoms with E-state index < -0.39 is 10.0 Å². The zero-order valence-electron chi connectivity index (χ0n) is 18.6. The molecule has 0 spiro atoms. The highest BCUT2D eigenvalue weighted by Gasteiger charge is 2.29. The number of benzene rings is 2. The molecule has 1 saturated heterocycles. The predicted molar refractivity (Wildman–Crippen MR) is 132 cm³/mol. The van der Waals surface area contributed by atoms with Crippen LogP contribution in [0.2, 0.25) is 0 Å². The van der Waals surface area contributed by atoms with Gasteiger partial charge < -0.3 is 5.32 Å². The van der Waals surface area contributed by atoms with E-state index in [0.717, 1.165) is 22.7 Å². The van der Waals surface area contributed by atoms with Crippen LogP contribution in [-0.4, -0.2) is 48.3 Å². The molecule has 1 atom stereocenters. The van der Waals surface area contributed by atoms with E-state index in [9.17, 15) is 17.6 Å². The van der Waals surface area contributed by atoms with Gasteiger partial charge in [-0.15, -0.1) is 10.2 Å². The number of hydrogen-bond donors (Lipinski definition) is 1. The first-order chi connectivity index (χ1) is 16.3. The van der Waals surface area contributed by atoms with Crippen molar-refractivity contribution in [2.24, 2.45) is 5.92 Å². The number of aromatic nitrogens is 2. The summed E-state index contributed by atoms with van der Waals surface area (Å²) in [5.74, 6) is 0.443. The normalized spacial score (nSPS) is 16.9. The number of carbonyl (C=O) groups excluding carboxylic acids is 1.